The van der Waals surface area contributed by atoms with Gasteiger partial charge in [0, 0.05) is 23.9 Å². The fraction of sp³-hybridized carbons (Fsp3) is 0.400. The number of rotatable bonds is 5. The van der Waals surface area contributed by atoms with Crippen molar-refractivity contribution in [3.05, 3.63) is 58.7 Å². The molecule has 0 spiro atoms. The predicted molar refractivity (Wildman–Crippen MR) is 119 cm³/mol. The van der Waals surface area contributed by atoms with Gasteiger partial charge in [-0.25, -0.2) is 9.79 Å². The highest BCUT2D eigenvalue weighted by Crippen LogP contribution is 2.36. The minimum absolute atomic E-state index is 0.133. The summed E-state index contributed by atoms with van der Waals surface area (Å²) in [7, 11) is 1.29. The molecule has 5 rings (SSSR count). The number of piperidine rings is 1. The molecule has 1 saturated carbocycles. The van der Waals surface area contributed by atoms with Crippen LogP contribution in [0.3, 0.4) is 0 Å². The second-order valence-electron chi connectivity index (χ2n) is 8.97. The Morgan fingerprint density at radius 2 is 2.21 bits per heavy atom. The minimum atomic E-state index is -0.697. The number of fused-ring (bicyclic) bond motifs is 5. The van der Waals surface area contributed by atoms with Crippen molar-refractivity contribution in [3.63, 3.8) is 0 Å². The van der Waals surface area contributed by atoms with Crippen LogP contribution in [0.1, 0.15) is 46.7 Å². The van der Waals surface area contributed by atoms with Crippen molar-refractivity contribution >= 4 is 23.5 Å². The Hall–Kier alpha value is -3.57. The van der Waals surface area contributed by atoms with Crippen LogP contribution in [0.15, 0.2) is 47.0 Å². The van der Waals surface area contributed by atoms with Gasteiger partial charge in [0.05, 0.1) is 30.5 Å². The highest BCUT2D eigenvalue weighted by atomic mass is 16.5. The number of allylic oxidation sites excluding steroid dienone is 3. The number of nitrogens with one attached hydrogen (secondary N) is 2. The zero-order valence-corrected chi connectivity index (χ0v) is 18.2. The summed E-state index contributed by atoms with van der Waals surface area (Å²) in [4.78, 5) is 41.8. The highest BCUT2D eigenvalue weighted by Gasteiger charge is 2.43. The summed E-state index contributed by atoms with van der Waals surface area (Å²) in [6.07, 6.45) is 8.70. The van der Waals surface area contributed by atoms with E-state index in [0.29, 0.717) is 23.2 Å². The van der Waals surface area contributed by atoms with E-state index in [1.807, 2.05) is 18.2 Å². The maximum absolute atomic E-state index is 12.8. The summed E-state index contributed by atoms with van der Waals surface area (Å²) in [5.41, 5.74) is 2.61. The lowest BCUT2D eigenvalue weighted by Gasteiger charge is -2.26. The molecule has 33 heavy (non-hydrogen) atoms. The average Bonchev–Trinajstić information content (AvgIpc) is 3.47. The third-order valence-corrected chi connectivity index (χ3v) is 7.00. The Kier molecular flexibility index (Phi) is 5.43. The van der Waals surface area contributed by atoms with Crippen LogP contribution in [-0.4, -0.2) is 48.7 Å². The first-order valence-corrected chi connectivity index (χ1v) is 11.2. The summed E-state index contributed by atoms with van der Waals surface area (Å²) in [5, 5.41) is 15.8. The molecule has 5 atom stereocenters. The topological polar surface area (TPSA) is 121 Å². The van der Waals surface area contributed by atoms with E-state index in [4.69, 9.17) is 4.74 Å². The van der Waals surface area contributed by atoms with Crippen LogP contribution < -0.4 is 10.6 Å². The number of esters is 1. The van der Waals surface area contributed by atoms with Crippen LogP contribution in [-0.2, 0) is 20.7 Å². The van der Waals surface area contributed by atoms with Crippen LogP contribution in [0.5, 0.6) is 0 Å². The Labute approximate surface area is 191 Å². The van der Waals surface area contributed by atoms with Gasteiger partial charge in [0.15, 0.2) is 0 Å². The lowest BCUT2D eigenvalue weighted by molar-refractivity contribution is -0.135. The van der Waals surface area contributed by atoms with Crippen LogP contribution in [0.4, 0.5) is 0 Å². The average molecular weight is 444 g/mol. The number of nitriles is 1. The van der Waals surface area contributed by atoms with Crippen LogP contribution >= 0.6 is 0 Å². The van der Waals surface area contributed by atoms with Gasteiger partial charge in [-0.15, -0.1) is 0 Å². The van der Waals surface area contributed by atoms with Gasteiger partial charge in [-0.1, -0.05) is 24.3 Å². The van der Waals surface area contributed by atoms with Gasteiger partial charge in [0.2, 0.25) is 5.91 Å². The Morgan fingerprint density at radius 3 is 2.91 bits per heavy atom. The van der Waals surface area contributed by atoms with Crippen molar-refractivity contribution in [2.45, 2.75) is 49.7 Å². The maximum Gasteiger partial charge on any atom is 0.339 e. The standard InChI is InChI=1S/C25H24N4O4/c1-33-25(32)19-4-2-3-18-17-8-5-13(10-20(17)23(30)29-22(18)19)9-16(12-26)28-24(31)21-14-6-7-15(11-14)27-21/h2-5,8,10,14-16,18,21,27H,6-7,9,11H2,1H3,(H,28,31)/t14-,15+,16?,18?,21-/m0/s1. The van der Waals surface area contributed by atoms with Crippen LogP contribution in [0.2, 0.25) is 0 Å². The number of hydrogen-bond donors (Lipinski definition) is 2. The van der Waals surface area contributed by atoms with Crippen molar-refractivity contribution < 1.29 is 19.1 Å². The van der Waals surface area contributed by atoms with Crippen molar-refractivity contribution in [1.82, 2.24) is 10.6 Å². The largest absolute Gasteiger partial charge is 0.465 e. The highest BCUT2D eigenvalue weighted by molar-refractivity contribution is 6.28. The normalized spacial score (nSPS) is 27.6. The molecule has 2 fully saturated rings. The van der Waals surface area contributed by atoms with Crippen molar-refractivity contribution in [2.24, 2.45) is 10.9 Å². The molecule has 4 aliphatic rings. The van der Waals surface area contributed by atoms with E-state index in [1.54, 1.807) is 18.2 Å². The summed E-state index contributed by atoms with van der Waals surface area (Å²) >= 11 is 0. The van der Waals surface area contributed by atoms with Gasteiger partial charge >= 0.3 is 5.97 Å². The fourth-order valence-electron chi connectivity index (χ4n) is 5.40. The Bertz CT molecular complexity index is 1180. The number of nitrogens with zero attached hydrogens (tertiary/aromatic N) is 2. The van der Waals surface area contributed by atoms with Gasteiger partial charge in [-0.2, -0.15) is 5.26 Å². The number of carbonyl (C=O) groups is 3. The molecule has 0 aromatic heterocycles. The fourth-order valence-corrected chi connectivity index (χ4v) is 5.40. The Balaban J connectivity index is 1.32. The number of hydrogen-bond acceptors (Lipinski definition) is 6. The molecule has 2 amide bonds. The molecule has 1 aromatic rings. The van der Waals surface area contributed by atoms with E-state index < -0.39 is 17.9 Å². The summed E-state index contributed by atoms with van der Waals surface area (Å²) in [6.45, 7) is 0. The van der Waals surface area contributed by atoms with Crippen LogP contribution in [0, 0.1) is 17.2 Å². The number of ether oxygens (including phenoxy) is 1. The third-order valence-electron chi connectivity index (χ3n) is 7.00. The first-order chi connectivity index (χ1) is 16.0. The number of benzene rings is 1. The molecule has 0 radical (unpaired) electrons. The summed E-state index contributed by atoms with van der Waals surface area (Å²) < 4.78 is 4.82. The number of aliphatic imine (C=N–C) groups is 1. The number of methoxy groups -OCH3 is 1. The molecule has 8 nitrogen and oxygen atoms in total. The lowest BCUT2D eigenvalue weighted by atomic mass is 9.81. The molecule has 8 heteroatoms. The second-order valence-corrected chi connectivity index (χ2v) is 8.97. The molecule has 2 aliphatic carbocycles. The summed E-state index contributed by atoms with van der Waals surface area (Å²) in [5.74, 6) is -1.08. The van der Waals surface area contributed by atoms with Crippen LogP contribution in [0.25, 0.3) is 0 Å². The number of amides is 2. The van der Waals surface area contributed by atoms with Crippen molar-refractivity contribution in [3.8, 4) is 6.07 Å². The zero-order valence-electron chi connectivity index (χ0n) is 18.2. The number of carbonyl (C=O) groups excluding carboxylic acids is 3. The first kappa shape index (κ1) is 21.3. The van der Waals surface area contributed by atoms with Crippen molar-refractivity contribution in [2.75, 3.05) is 7.11 Å². The van der Waals surface area contributed by atoms with Crippen molar-refractivity contribution in [1.29, 1.82) is 5.26 Å². The molecular formula is C25H24N4O4. The van der Waals surface area contributed by atoms with E-state index in [1.165, 1.54) is 7.11 Å². The van der Waals surface area contributed by atoms with Gasteiger partial charge in [0.25, 0.3) is 5.91 Å². The minimum Gasteiger partial charge on any atom is -0.465 e. The zero-order chi connectivity index (χ0) is 23.1. The van der Waals surface area contributed by atoms with E-state index in [9.17, 15) is 19.6 Å². The molecular weight excluding hydrogens is 420 g/mol. The maximum atomic E-state index is 12.8. The molecule has 2 heterocycles. The van der Waals surface area contributed by atoms with E-state index in [2.05, 4.69) is 21.7 Å². The van der Waals surface area contributed by atoms with Gasteiger partial charge < -0.3 is 15.4 Å². The molecule has 1 aromatic carbocycles. The predicted octanol–water partition coefficient (Wildman–Crippen LogP) is 1.73. The molecule has 2 unspecified atom stereocenters. The SMILES string of the molecule is COC(=O)C1=CC=CC2C1=NC(=O)c1cc(CC(C#N)NC(=O)[C@H]3N[C@@H]4CC[C@H]3C4)ccc12. The monoisotopic (exact) mass is 444 g/mol. The molecule has 2 N–H and O–H groups in total. The summed E-state index contributed by atoms with van der Waals surface area (Å²) in [6, 6.07) is 7.07. The van der Waals surface area contributed by atoms with Gasteiger partial charge in [-0.3, -0.25) is 9.59 Å². The molecule has 168 valence electrons. The second kappa shape index (κ2) is 8.41. The van der Waals surface area contributed by atoms with E-state index >= 15 is 0 Å². The van der Waals surface area contributed by atoms with E-state index in [0.717, 1.165) is 30.4 Å². The van der Waals surface area contributed by atoms with E-state index in [-0.39, 0.29) is 29.9 Å². The Morgan fingerprint density at radius 1 is 1.36 bits per heavy atom. The smallest absolute Gasteiger partial charge is 0.339 e. The molecule has 2 bridgehead atoms. The quantitative estimate of drug-likeness (QED) is 0.668. The third kappa shape index (κ3) is 3.79. The van der Waals surface area contributed by atoms with Gasteiger partial charge in [-0.05, 0) is 48.4 Å². The lowest BCUT2D eigenvalue weighted by Crippen LogP contribution is -2.50. The molecule has 1 saturated heterocycles. The molecule has 2 aliphatic heterocycles. The van der Waals surface area contributed by atoms with Gasteiger partial charge in [0.1, 0.15) is 6.04 Å². The first-order valence-electron chi connectivity index (χ1n) is 11.2.